The summed E-state index contributed by atoms with van der Waals surface area (Å²) in [7, 11) is 0. The zero-order chi connectivity index (χ0) is 22.8. The van der Waals surface area contributed by atoms with Gasteiger partial charge in [0.1, 0.15) is 28.8 Å². The third-order valence-electron chi connectivity index (χ3n) is 3.99. The maximum atomic E-state index is 10.5. The molecule has 0 bridgehead atoms. The van der Waals surface area contributed by atoms with E-state index in [-0.39, 0.29) is 18.2 Å². The van der Waals surface area contributed by atoms with Crippen molar-refractivity contribution in [1.29, 1.82) is 0 Å². The number of rotatable bonds is 8. The summed E-state index contributed by atoms with van der Waals surface area (Å²) in [5, 5.41) is 16.2. The second-order valence-electron chi connectivity index (χ2n) is 6.22. The van der Waals surface area contributed by atoms with Crippen molar-refractivity contribution in [3.63, 3.8) is 0 Å². The van der Waals surface area contributed by atoms with Gasteiger partial charge in [-0.15, -0.1) is 0 Å². The van der Waals surface area contributed by atoms with Crippen LogP contribution in [0.25, 0.3) is 0 Å². The second kappa shape index (κ2) is 12.2. The Morgan fingerprint density at radius 1 is 0.812 bits per heavy atom. The van der Waals surface area contributed by atoms with Gasteiger partial charge in [-0.3, -0.25) is 4.79 Å². The first-order valence-corrected chi connectivity index (χ1v) is 10.9. The van der Waals surface area contributed by atoms with Gasteiger partial charge in [0, 0.05) is 0 Å². The standard InChI is InChI=1S/C11H10BrNO3.C11H8BrNO3/c2*12-10-9(6-14)16-13-11(10)15-7-8-4-2-1-3-5-8/h1-5,14H,6-7H2;1-6H,7H2. The van der Waals surface area contributed by atoms with Crippen molar-refractivity contribution in [3.8, 4) is 11.8 Å². The summed E-state index contributed by atoms with van der Waals surface area (Å²) in [5.41, 5.74) is 2.06. The SMILES string of the molecule is O=Cc1onc(OCc2ccccc2)c1Br.OCc1onc(OCc2ccccc2)c1Br. The number of carbonyl (C=O) groups excluding carboxylic acids is 1. The number of carbonyl (C=O) groups is 1. The lowest BCUT2D eigenvalue weighted by Crippen LogP contribution is -1.95. The summed E-state index contributed by atoms with van der Waals surface area (Å²) in [5.74, 6) is 1.13. The van der Waals surface area contributed by atoms with Gasteiger partial charge in [0.15, 0.2) is 12.0 Å². The number of aliphatic hydroxyl groups excluding tert-OH is 1. The summed E-state index contributed by atoms with van der Waals surface area (Å²) in [4.78, 5) is 10.5. The summed E-state index contributed by atoms with van der Waals surface area (Å²) in [6, 6.07) is 19.4. The molecule has 0 aliphatic rings. The minimum atomic E-state index is -0.206. The molecule has 2 aromatic heterocycles. The Balaban J connectivity index is 0.000000181. The van der Waals surface area contributed by atoms with Gasteiger partial charge in [-0.25, -0.2) is 0 Å². The van der Waals surface area contributed by atoms with Gasteiger partial charge in [0.25, 0.3) is 11.8 Å². The van der Waals surface area contributed by atoms with Crippen molar-refractivity contribution in [2.45, 2.75) is 19.8 Å². The minimum Gasteiger partial charge on any atom is -0.470 e. The van der Waals surface area contributed by atoms with Crippen LogP contribution >= 0.6 is 31.9 Å². The van der Waals surface area contributed by atoms with Crippen LogP contribution in [-0.4, -0.2) is 21.7 Å². The topological polar surface area (TPSA) is 108 Å². The Morgan fingerprint density at radius 3 is 1.75 bits per heavy atom. The van der Waals surface area contributed by atoms with Crippen LogP contribution < -0.4 is 9.47 Å². The van der Waals surface area contributed by atoms with E-state index >= 15 is 0 Å². The molecule has 0 spiro atoms. The van der Waals surface area contributed by atoms with Gasteiger partial charge < -0.3 is 23.6 Å². The predicted octanol–water partition coefficient (Wildman–Crippen LogP) is 5.34. The Labute approximate surface area is 200 Å². The average molecular weight is 566 g/mol. The van der Waals surface area contributed by atoms with Crippen LogP contribution in [0.5, 0.6) is 11.8 Å². The molecule has 0 unspecified atom stereocenters. The number of hydrogen-bond donors (Lipinski definition) is 1. The molecule has 32 heavy (non-hydrogen) atoms. The largest absolute Gasteiger partial charge is 0.470 e. The van der Waals surface area contributed by atoms with Crippen LogP contribution in [-0.2, 0) is 19.8 Å². The van der Waals surface area contributed by atoms with Gasteiger partial charge in [0.05, 0.1) is 0 Å². The van der Waals surface area contributed by atoms with E-state index in [4.69, 9.17) is 23.6 Å². The zero-order valence-corrected chi connectivity index (χ0v) is 19.8. The molecular weight excluding hydrogens is 548 g/mol. The Kier molecular flexibility index (Phi) is 9.02. The van der Waals surface area contributed by atoms with E-state index in [1.807, 2.05) is 60.7 Å². The molecule has 4 rings (SSSR count). The Morgan fingerprint density at radius 2 is 1.31 bits per heavy atom. The van der Waals surface area contributed by atoms with Crippen LogP contribution in [0.4, 0.5) is 0 Å². The van der Waals surface area contributed by atoms with Gasteiger partial charge >= 0.3 is 0 Å². The van der Waals surface area contributed by atoms with Gasteiger partial charge in [0.2, 0.25) is 5.76 Å². The van der Waals surface area contributed by atoms with E-state index in [0.29, 0.717) is 40.1 Å². The molecule has 0 fully saturated rings. The quantitative estimate of drug-likeness (QED) is 0.285. The molecular formula is C22H18Br2N2O6. The number of nitrogens with zero attached hydrogens (tertiary/aromatic N) is 2. The van der Waals surface area contributed by atoms with Crippen molar-refractivity contribution < 1.29 is 28.4 Å². The van der Waals surface area contributed by atoms with E-state index in [0.717, 1.165) is 11.1 Å². The first-order chi connectivity index (χ1) is 15.6. The van der Waals surface area contributed by atoms with Gasteiger partial charge in [-0.2, -0.15) is 0 Å². The minimum absolute atomic E-state index is 0.128. The highest BCUT2D eigenvalue weighted by atomic mass is 79.9. The van der Waals surface area contributed by atoms with Crippen LogP contribution in [0.2, 0.25) is 0 Å². The number of aliphatic hydroxyl groups is 1. The van der Waals surface area contributed by atoms with Crippen molar-refractivity contribution in [2.24, 2.45) is 0 Å². The molecule has 0 aliphatic carbocycles. The molecule has 0 radical (unpaired) electrons. The monoisotopic (exact) mass is 564 g/mol. The highest BCUT2D eigenvalue weighted by Gasteiger charge is 2.14. The number of benzene rings is 2. The molecule has 1 N–H and O–H groups in total. The van der Waals surface area contributed by atoms with Crippen LogP contribution in [0.15, 0.2) is 78.7 Å². The number of aldehydes is 1. The van der Waals surface area contributed by atoms with Crippen LogP contribution in [0.3, 0.4) is 0 Å². The van der Waals surface area contributed by atoms with E-state index in [1.165, 1.54) is 0 Å². The van der Waals surface area contributed by atoms with Gasteiger partial charge in [-0.05, 0) is 53.3 Å². The molecule has 0 aliphatic heterocycles. The number of ether oxygens (including phenoxy) is 2. The van der Waals surface area contributed by atoms with E-state index in [1.54, 1.807) is 0 Å². The maximum Gasteiger partial charge on any atom is 0.269 e. The summed E-state index contributed by atoms with van der Waals surface area (Å²) >= 11 is 6.42. The summed E-state index contributed by atoms with van der Waals surface area (Å²) in [6.07, 6.45) is 0.576. The van der Waals surface area contributed by atoms with Gasteiger partial charge in [-0.1, -0.05) is 60.7 Å². The van der Waals surface area contributed by atoms with Crippen molar-refractivity contribution in [3.05, 3.63) is 92.3 Å². The van der Waals surface area contributed by atoms with Crippen molar-refractivity contribution >= 4 is 38.1 Å². The predicted molar refractivity (Wildman–Crippen MR) is 121 cm³/mol. The lowest BCUT2D eigenvalue weighted by Gasteiger charge is -2.02. The molecule has 10 heteroatoms. The lowest BCUT2D eigenvalue weighted by molar-refractivity contribution is 0.109. The normalized spacial score (nSPS) is 10.2. The summed E-state index contributed by atoms with van der Waals surface area (Å²) in [6.45, 7) is 0.587. The Hall–Kier alpha value is -2.95. The smallest absolute Gasteiger partial charge is 0.269 e. The summed E-state index contributed by atoms with van der Waals surface area (Å²) < 4.78 is 21.4. The van der Waals surface area contributed by atoms with E-state index in [9.17, 15) is 4.79 Å². The lowest BCUT2D eigenvalue weighted by atomic mass is 10.2. The number of aromatic nitrogens is 2. The number of hydrogen-bond acceptors (Lipinski definition) is 8. The third kappa shape index (κ3) is 6.52. The van der Waals surface area contributed by atoms with Crippen molar-refractivity contribution in [1.82, 2.24) is 10.3 Å². The average Bonchev–Trinajstić information content (AvgIpc) is 3.39. The molecule has 0 amide bonds. The number of halogens is 2. The van der Waals surface area contributed by atoms with E-state index < -0.39 is 0 Å². The molecule has 0 atom stereocenters. The fraction of sp³-hybridized carbons (Fsp3) is 0.136. The fourth-order valence-electron chi connectivity index (χ4n) is 2.37. The zero-order valence-electron chi connectivity index (χ0n) is 16.6. The molecule has 166 valence electrons. The Bertz CT molecular complexity index is 1120. The molecule has 0 saturated heterocycles. The van der Waals surface area contributed by atoms with Crippen molar-refractivity contribution in [2.75, 3.05) is 0 Å². The molecule has 4 aromatic rings. The first-order valence-electron chi connectivity index (χ1n) is 9.31. The fourth-order valence-corrected chi connectivity index (χ4v) is 3.11. The second-order valence-corrected chi connectivity index (χ2v) is 7.80. The molecule has 2 aromatic carbocycles. The first kappa shape index (κ1) is 23.7. The highest BCUT2D eigenvalue weighted by molar-refractivity contribution is 9.11. The highest BCUT2D eigenvalue weighted by Crippen LogP contribution is 2.28. The third-order valence-corrected chi connectivity index (χ3v) is 5.50. The molecule has 8 nitrogen and oxygen atoms in total. The molecule has 2 heterocycles. The van der Waals surface area contributed by atoms with Crippen LogP contribution in [0, 0.1) is 0 Å². The van der Waals surface area contributed by atoms with Crippen LogP contribution in [0.1, 0.15) is 27.4 Å². The van der Waals surface area contributed by atoms with E-state index in [2.05, 4.69) is 42.2 Å². The molecule has 0 saturated carbocycles. The maximum absolute atomic E-state index is 10.5.